The molecule has 0 spiro atoms. The van der Waals surface area contributed by atoms with Gasteiger partial charge in [0.05, 0.1) is 18.0 Å². The molecule has 2 rings (SSSR count). The molecule has 0 bridgehead atoms. The van der Waals surface area contributed by atoms with Crippen LogP contribution in [0.1, 0.15) is 0 Å². The lowest BCUT2D eigenvalue weighted by Gasteiger charge is -2.27. The first-order valence-electron chi connectivity index (χ1n) is 3.90. The summed E-state index contributed by atoms with van der Waals surface area (Å²) in [5, 5.41) is 18.3. The lowest BCUT2D eigenvalue weighted by molar-refractivity contribution is 0.105. The molecule has 4 nitrogen and oxygen atoms in total. The van der Waals surface area contributed by atoms with E-state index in [2.05, 4.69) is 0 Å². The van der Waals surface area contributed by atoms with Gasteiger partial charge in [-0.2, -0.15) is 0 Å². The van der Waals surface area contributed by atoms with Gasteiger partial charge in [-0.3, -0.25) is 0 Å². The highest BCUT2D eigenvalue weighted by atomic mass is 32.2. The molecule has 0 aromatic carbocycles. The summed E-state index contributed by atoms with van der Waals surface area (Å²) in [6.07, 6.45) is -0.637. The molecule has 0 saturated carbocycles. The predicted molar refractivity (Wildman–Crippen MR) is 43.9 cm³/mol. The number of ether oxygens (including phenoxy) is 2. The topological polar surface area (TPSA) is 62.2 Å². The smallest absolute Gasteiger partial charge is 0.132 e. The van der Waals surface area contributed by atoms with Gasteiger partial charge in [-0.25, -0.2) is 0 Å². The van der Waals surface area contributed by atoms with E-state index in [1.165, 1.54) is 11.8 Å². The highest BCUT2D eigenvalue weighted by Gasteiger charge is 2.56. The highest BCUT2D eigenvalue weighted by Crippen LogP contribution is 2.44. The fourth-order valence-electron chi connectivity index (χ4n) is 1.51. The summed E-state index contributed by atoms with van der Waals surface area (Å²) in [6, 6.07) is 0. The molecule has 2 N–H and O–H groups in total. The van der Waals surface area contributed by atoms with E-state index in [-0.39, 0.29) is 29.5 Å². The number of fused-ring (bicyclic) bond motifs is 1. The summed E-state index contributed by atoms with van der Waals surface area (Å²) in [5.41, 5.74) is -0.0319. The number of methoxy groups -OCH3 is 1. The van der Waals surface area contributed by atoms with Crippen molar-refractivity contribution in [2.24, 2.45) is 0 Å². The van der Waals surface area contributed by atoms with Gasteiger partial charge in [0, 0.05) is 7.11 Å². The van der Waals surface area contributed by atoms with Crippen molar-refractivity contribution >= 4 is 11.8 Å². The van der Waals surface area contributed by atoms with Crippen LogP contribution >= 0.6 is 11.8 Å². The van der Waals surface area contributed by atoms with Gasteiger partial charge in [0.1, 0.15) is 17.6 Å². The van der Waals surface area contributed by atoms with Gasteiger partial charge in [0.15, 0.2) is 0 Å². The minimum Gasteiger partial charge on any atom is -0.395 e. The van der Waals surface area contributed by atoms with Gasteiger partial charge in [-0.15, -0.1) is 11.8 Å². The number of aliphatic hydroxyl groups is 2. The Kier molecular flexibility index (Phi) is 2.31. The van der Waals surface area contributed by atoms with Crippen LogP contribution < -0.4 is 0 Å². The summed E-state index contributed by atoms with van der Waals surface area (Å²) >= 11 is 1.44. The lowest BCUT2D eigenvalue weighted by Crippen LogP contribution is -2.41. The zero-order valence-corrected chi connectivity index (χ0v) is 7.53. The summed E-state index contributed by atoms with van der Waals surface area (Å²) in [6.45, 7) is -0.0295. The molecular formula is C7H12O4S. The predicted octanol–water partition coefficient (Wildman–Crippen LogP) is -0.805. The molecule has 12 heavy (non-hydrogen) atoms. The van der Waals surface area contributed by atoms with Crippen molar-refractivity contribution in [2.45, 2.75) is 29.0 Å². The van der Waals surface area contributed by atoms with Gasteiger partial charge < -0.3 is 19.7 Å². The normalized spacial score (nSPS) is 51.8. The van der Waals surface area contributed by atoms with Crippen molar-refractivity contribution in [3.8, 4) is 0 Å². The Labute approximate surface area is 74.9 Å². The number of epoxide rings is 1. The second kappa shape index (κ2) is 3.16. The fraction of sp³-hybridized carbons (Fsp3) is 1.00. The van der Waals surface area contributed by atoms with Gasteiger partial charge in [-0.05, 0) is 0 Å². The zero-order valence-electron chi connectivity index (χ0n) is 6.71. The maximum absolute atomic E-state index is 9.53. The summed E-state index contributed by atoms with van der Waals surface area (Å²) < 4.78 is 10.4. The second-order valence-corrected chi connectivity index (χ2v) is 4.36. The molecule has 0 aromatic rings. The van der Waals surface area contributed by atoms with Crippen LogP contribution in [0, 0.1) is 0 Å². The molecule has 2 saturated heterocycles. The monoisotopic (exact) mass is 192 g/mol. The van der Waals surface area contributed by atoms with E-state index in [4.69, 9.17) is 14.6 Å². The van der Waals surface area contributed by atoms with Crippen molar-refractivity contribution in [1.29, 1.82) is 0 Å². The van der Waals surface area contributed by atoms with Gasteiger partial charge in [0.2, 0.25) is 0 Å². The Hall–Kier alpha value is 0.190. The number of hydrogen-bond acceptors (Lipinski definition) is 5. The average molecular weight is 192 g/mol. The molecular weight excluding hydrogens is 180 g/mol. The van der Waals surface area contributed by atoms with Crippen molar-refractivity contribution in [2.75, 3.05) is 13.7 Å². The van der Waals surface area contributed by atoms with Crippen LogP contribution in [0.3, 0.4) is 0 Å². The molecule has 0 radical (unpaired) electrons. The third-order valence-corrected chi connectivity index (χ3v) is 3.77. The molecule has 0 amide bonds. The quantitative estimate of drug-likeness (QED) is 0.561. The van der Waals surface area contributed by atoms with Crippen LogP contribution in [-0.2, 0) is 9.47 Å². The Balaban J connectivity index is 2.01. The summed E-state index contributed by atoms with van der Waals surface area (Å²) in [4.78, 5) is 0. The first kappa shape index (κ1) is 8.77. The number of aliphatic hydroxyl groups excluding tert-OH is 2. The fourth-order valence-corrected chi connectivity index (χ4v) is 2.74. The van der Waals surface area contributed by atoms with E-state index in [0.717, 1.165) is 0 Å². The Bertz CT molecular complexity index is 177. The molecule has 5 atom stereocenters. The third-order valence-electron chi connectivity index (χ3n) is 2.27. The van der Waals surface area contributed by atoms with Crippen molar-refractivity contribution < 1.29 is 19.7 Å². The van der Waals surface area contributed by atoms with Crippen molar-refractivity contribution in [3.63, 3.8) is 0 Å². The van der Waals surface area contributed by atoms with Crippen LogP contribution in [-0.4, -0.2) is 52.9 Å². The molecule has 0 unspecified atom stereocenters. The molecule has 5 heteroatoms. The molecule has 0 aliphatic carbocycles. The number of rotatable bonds is 2. The minimum atomic E-state index is -0.545. The Morgan fingerprint density at radius 2 is 2.25 bits per heavy atom. The lowest BCUT2D eigenvalue weighted by atomic mass is 10.1. The van der Waals surface area contributed by atoms with E-state index in [1.807, 2.05) is 0 Å². The van der Waals surface area contributed by atoms with Crippen LogP contribution in [0.15, 0.2) is 0 Å². The van der Waals surface area contributed by atoms with Crippen LogP contribution in [0.5, 0.6) is 0 Å². The summed E-state index contributed by atoms with van der Waals surface area (Å²) in [7, 11) is 1.61. The maximum Gasteiger partial charge on any atom is 0.132 e. The van der Waals surface area contributed by atoms with Crippen LogP contribution in [0.4, 0.5) is 0 Å². The van der Waals surface area contributed by atoms with Gasteiger partial charge in [-0.1, -0.05) is 0 Å². The average Bonchev–Trinajstić information content (AvgIpc) is 2.85. The number of thioether (sulfide) groups is 1. The standard InChI is InChI=1S/C7H12O4S/c1-10-7-6-5(11-6)4(9)3(2-8)12-7/h3-9H,2H2,1H3/t3-,4-,5-,6-,7+/m1/s1. The molecule has 70 valence electrons. The van der Waals surface area contributed by atoms with Crippen molar-refractivity contribution in [1.82, 2.24) is 0 Å². The zero-order chi connectivity index (χ0) is 8.72. The van der Waals surface area contributed by atoms with Gasteiger partial charge >= 0.3 is 0 Å². The number of hydrogen-bond donors (Lipinski definition) is 2. The maximum atomic E-state index is 9.53. The van der Waals surface area contributed by atoms with Crippen LogP contribution in [0.25, 0.3) is 0 Å². The second-order valence-electron chi connectivity index (χ2n) is 3.02. The van der Waals surface area contributed by atoms with E-state index in [0.29, 0.717) is 0 Å². The molecule has 2 fully saturated rings. The highest BCUT2D eigenvalue weighted by molar-refractivity contribution is 8.00. The Morgan fingerprint density at radius 1 is 1.50 bits per heavy atom. The first-order chi connectivity index (χ1) is 5.77. The van der Waals surface area contributed by atoms with Crippen molar-refractivity contribution in [3.05, 3.63) is 0 Å². The summed E-state index contributed by atoms with van der Waals surface area (Å²) in [5.74, 6) is 0. The minimum absolute atomic E-state index is 0.0257. The largest absolute Gasteiger partial charge is 0.395 e. The molecule has 2 heterocycles. The SMILES string of the molecule is CO[C@H]1S[C@H](CO)[C@@H](O)[C@H]2O[C@H]21. The van der Waals surface area contributed by atoms with E-state index < -0.39 is 6.10 Å². The van der Waals surface area contributed by atoms with Crippen LogP contribution in [0.2, 0.25) is 0 Å². The first-order valence-corrected chi connectivity index (χ1v) is 4.85. The molecule has 2 aliphatic rings. The molecule has 2 aliphatic heterocycles. The van der Waals surface area contributed by atoms with Gasteiger partial charge in [0.25, 0.3) is 0 Å². The Morgan fingerprint density at radius 3 is 2.83 bits per heavy atom. The third kappa shape index (κ3) is 1.25. The molecule has 0 aromatic heterocycles. The van der Waals surface area contributed by atoms with E-state index >= 15 is 0 Å². The van der Waals surface area contributed by atoms with E-state index in [9.17, 15) is 5.11 Å². The van der Waals surface area contributed by atoms with E-state index in [1.54, 1.807) is 7.11 Å².